The van der Waals surface area contributed by atoms with Gasteiger partial charge in [-0.3, -0.25) is 0 Å². The Labute approximate surface area is 114 Å². The maximum Gasteiger partial charge on any atom is 0.0824 e. The minimum atomic E-state index is -0.279. The van der Waals surface area contributed by atoms with Crippen molar-refractivity contribution in [3.05, 3.63) is 47.5 Å². The minimum absolute atomic E-state index is 0.279. The first-order valence-corrected chi connectivity index (χ1v) is 7.40. The Kier molecular flexibility index (Phi) is 2.46. The predicted octanol–water partition coefficient (Wildman–Crippen LogP) is 4.23. The van der Waals surface area contributed by atoms with E-state index in [-0.39, 0.29) is 6.10 Å². The van der Waals surface area contributed by atoms with Crippen LogP contribution in [0.3, 0.4) is 0 Å². The predicted molar refractivity (Wildman–Crippen MR) is 78.0 cm³/mol. The van der Waals surface area contributed by atoms with E-state index >= 15 is 0 Å². The average Bonchev–Trinajstić information content (AvgIpc) is 3.05. The summed E-state index contributed by atoms with van der Waals surface area (Å²) in [4.78, 5) is 0. The van der Waals surface area contributed by atoms with Gasteiger partial charge in [-0.15, -0.1) is 0 Å². The molecule has 2 saturated carbocycles. The number of aryl methyl sites for hydroxylation is 1. The molecule has 0 spiro atoms. The standard InChI is InChI=1S/C18H20O/c1-11-6-7-17(16-5-3-2-4-15(11)16)18(19)14-9-12-8-13(12)10-14/h2-7,12-14,18-19H,8-10H2,1H3. The van der Waals surface area contributed by atoms with Crippen LogP contribution in [0.5, 0.6) is 0 Å². The molecule has 2 aliphatic rings. The molecule has 19 heavy (non-hydrogen) atoms. The van der Waals surface area contributed by atoms with Gasteiger partial charge in [0.15, 0.2) is 0 Å². The Morgan fingerprint density at radius 3 is 2.37 bits per heavy atom. The molecule has 0 aromatic heterocycles. The Bertz CT molecular complexity index is 621. The van der Waals surface area contributed by atoms with Crippen molar-refractivity contribution in [2.75, 3.05) is 0 Å². The molecule has 0 heterocycles. The zero-order valence-corrected chi connectivity index (χ0v) is 11.3. The van der Waals surface area contributed by atoms with E-state index in [0.29, 0.717) is 5.92 Å². The summed E-state index contributed by atoms with van der Waals surface area (Å²) in [5.41, 5.74) is 2.42. The quantitative estimate of drug-likeness (QED) is 0.848. The summed E-state index contributed by atoms with van der Waals surface area (Å²) in [6.45, 7) is 2.14. The zero-order valence-electron chi connectivity index (χ0n) is 11.3. The van der Waals surface area contributed by atoms with Gasteiger partial charge in [-0.05, 0) is 65.8 Å². The van der Waals surface area contributed by atoms with Gasteiger partial charge in [-0.2, -0.15) is 0 Å². The second-order valence-corrected chi connectivity index (χ2v) is 6.45. The second kappa shape index (κ2) is 4.08. The van der Waals surface area contributed by atoms with Gasteiger partial charge < -0.3 is 5.11 Å². The summed E-state index contributed by atoms with van der Waals surface area (Å²) < 4.78 is 0. The van der Waals surface area contributed by atoms with Gasteiger partial charge in [0.25, 0.3) is 0 Å². The lowest BCUT2D eigenvalue weighted by atomic mass is 9.88. The van der Waals surface area contributed by atoms with Crippen LogP contribution in [0.1, 0.15) is 36.5 Å². The maximum absolute atomic E-state index is 10.7. The fourth-order valence-corrected chi connectivity index (χ4v) is 4.00. The first-order valence-electron chi connectivity index (χ1n) is 7.40. The van der Waals surface area contributed by atoms with Crippen LogP contribution in [0.25, 0.3) is 10.8 Å². The van der Waals surface area contributed by atoms with Crippen molar-refractivity contribution < 1.29 is 5.11 Å². The van der Waals surface area contributed by atoms with E-state index in [1.54, 1.807) is 0 Å². The number of hydrogen-bond acceptors (Lipinski definition) is 1. The van der Waals surface area contributed by atoms with Crippen LogP contribution < -0.4 is 0 Å². The molecule has 0 radical (unpaired) electrons. The molecule has 2 aliphatic carbocycles. The highest BCUT2D eigenvalue weighted by atomic mass is 16.3. The summed E-state index contributed by atoms with van der Waals surface area (Å²) in [7, 11) is 0. The second-order valence-electron chi connectivity index (χ2n) is 6.45. The van der Waals surface area contributed by atoms with Crippen LogP contribution in [0.15, 0.2) is 36.4 Å². The third-order valence-electron chi connectivity index (χ3n) is 5.22. The normalized spacial score (nSPS) is 30.3. The maximum atomic E-state index is 10.7. The SMILES string of the molecule is Cc1ccc(C(O)C2CC3CC3C2)c2ccccc12. The molecule has 2 aromatic carbocycles. The summed E-state index contributed by atoms with van der Waals surface area (Å²) in [5.74, 6) is 2.34. The van der Waals surface area contributed by atoms with Crippen LogP contribution in [-0.4, -0.2) is 5.11 Å². The number of fused-ring (bicyclic) bond motifs is 2. The van der Waals surface area contributed by atoms with Crippen molar-refractivity contribution >= 4 is 10.8 Å². The van der Waals surface area contributed by atoms with Crippen molar-refractivity contribution in [3.63, 3.8) is 0 Å². The van der Waals surface area contributed by atoms with Gasteiger partial charge in [0, 0.05) is 0 Å². The van der Waals surface area contributed by atoms with E-state index in [9.17, 15) is 5.11 Å². The number of rotatable bonds is 2. The molecule has 2 aromatic rings. The lowest BCUT2D eigenvalue weighted by molar-refractivity contribution is 0.106. The first kappa shape index (κ1) is 11.5. The van der Waals surface area contributed by atoms with E-state index in [2.05, 4.69) is 43.3 Å². The van der Waals surface area contributed by atoms with Crippen molar-refractivity contribution in [1.82, 2.24) is 0 Å². The summed E-state index contributed by atoms with van der Waals surface area (Å²) in [6.07, 6.45) is 3.60. The van der Waals surface area contributed by atoms with Gasteiger partial charge in [-0.1, -0.05) is 36.4 Å². The Morgan fingerprint density at radius 2 is 1.63 bits per heavy atom. The third-order valence-corrected chi connectivity index (χ3v) is 5.22. The molecule has 98 valence electrons. The molecule has 1 N–H and O–H groups in total. The molecule has 1 nitrogen and oxygen atoms in total. The van der Waals surface area contributed by atoms with Crippen LogP contribution >= 0.6 is 0 Å². The van der Waals surface area contributed by atoms with Crippen LogP contribution in [0.2, 0.25) is 0 Å². The lowest BCUT2D eigenvalue weighted by Gasteiger charge is -2.22. The number of benzene rings is 2. The largest absolute Gasteiger partial charge is 0.388 e. The molecule has 3 atom stereocenters. The Hall–Kier alpha value is -1.34. The number of hydrogen-bond donors (Lipinski definition) is 1. The summed E-state index contributed by atoms with van der Waals surface area (Å²) in [5, 5.41) is 13.3. The molecule has 0 saturated heterocycles. The monoisotopic (exact) mass is 252 g/mol. The highest BCUT2D eigenvalue weighted by molar-refractivity contribution is 5.88. The van der Waals surface area contributed by atoms with Crippen LogP contribution in [0, 0.1) is 24.7 Å². The van der Waals surface area contributed by atoms with Crippen LogP contribution in [0.4, 0.5) is 0 Å². The number of aliphatic hydroxyl groups is 1. The van der Waals surface area contributed by atoms with E-state index in [0.717, 1.165) is 17.4 Å². The minimum Gasteiger partial charge on any atom is -0.388 e. The lowest BCUT2D eigenvalue weighted by Crippen LogP contribution is -2.11. The summed E-state index contributed by atoms with van der Waals surface area (Å²) in [6, 6.07) is 12.7. The fourth-order valence-electron chi connectivity index (χ4n) is 4.00. The molecular formula is C18H20O. The topological polar surface area (TPSA) is 20.2 Å². The molecule has 4 rings (SSSR count). The van der Waals surface area contributed by atoms with Crippen molar-refractivity contribution in [2.24, 2.45) is 17.8 Å². The molecule has 3 unspecified atom stereocenters. The van der Waals surface area contributed by atoms with E-state index < -0.39 is 0 Å². The third kappa shape index (κ3) is 1.80. The Morgan fingerprint density at radius 1 is 0.947 bits per heavy atom. The summed E-state index contributed by atoms with van der Waals surface area (Å²) >= 11 is 0. The molecule has 0 aliphatic heterocycles. The van der Waals surface area contributed by atoms with Gasteiger partial charge in [-0.25, -0.2) is 0 Å². The van der Waals surface area contributed by atoms with E-state index in [4.69, 9.17) is 0 Å². The highest BCUT2D eigenvalue weighted by Gasteiger charge is 2.47. The molecule has 0 bridgehead atoms. The van der Waals surface area contributed by atoms with Crippen LogP contribution in [-0.2, 0) is 0 Å². The molecule has 2 fully saturated rings. The molecular weight excluding hydrogens is 232 g/mol. The van der Waals surface area contributed by atoms with Gasteiger partial charge in [0.2, 0.25) is 0 Å². The highest BCUT2D eigenvalue weighted by Crippen LogP contribution is 2.57. The van der Waals surface area contributed by atoms with E-state index in [1.807, 2.05) is 0 Å². The van der Waals surface area contributed by atoms with Gasteiger partial charge in [0.05, 0.1) is 6.10 Å². The molecule has 1 heteroatoms. The Balaban J connectivity index is 1.76. The van der Waals surface area contributed by atoms with Crippen molar-refractivity contribution in [1.29, 1.82) is 0 Å². The molecule has 0 amide bonds. The van der Waals surface area contributed by atoms with Crippen molar-refractivity contribution in [2.45, 2.75) is 32.3 Å². The average molecular weight is 252 g/mol. The van der Waals surface area contributed by atoms with Gasteiger partial charge >= 0.3 is 0 Å². The van der Waals surface area contributed by atoms with E-state index in [1.165, 1.54) is 35.6 Å². The van der Waals surface area contributed by atoms with Gasteiger partial charge in [0.1, 0.15) is 0 Å². The smallest absolute Gasteiger partial charge is 0.0824 e. The first-order chi connectivity index (χ1) is 9.24. The number of aliphatic hydroxyl groups excluding tert-OH is 1. The fraction of sp³-hybridized carbons (Fsp3) is 0.444. The van der Waals surface area contributed by atoms with Crippen molar-refractivity contribution in [3.8, 4) is 0 Å². The zero-order chi connectivity index (χ0) is 13.0.